The molecule has 7 nitrogen and oxygen atoms in total. The maximum atomic E-state index is 12.1. The van der Waals surface area contributed by atoms with Gasteiger partial charge in [-0.3, -0.25) is 0 Å². The van der Waals surface area contributed by atoms with Crippen molar-refractivity contribution >= 4 is 5.97 Å². The largest absolute Gasteiger partial charge is 0.458 e. The van der Waals surface area contributed by atoms with Gasteiger partial charge in [-0.05, 0) is 30.3 Å². The van der Waals surface area contributed by atoms with Crippen molar-refractivity contribution in [1.82, 2.24) is 0 Å². The van der Waals surface area contributed by atoms with Gasteiger partial charge in [0.15, 0.2) is 5.60 Å². The third-order valence-corrected chi connectivity index (χ3v) is 8.16. The zero-order chi connectivity index (χ0) is 19.6. The summed E-state index contributed by atoms with van der Waals surface area (Å²) in [4.78, 5) is 12.1. The summed E-state index contributed by atoms with van der Waals surface area (Å²) in [6.45, 7) is 5.69. The molecule has 8 atom stereocenters. The molecule has 0 amide bonds. The molecule has 0 unspecified atom stereocenters. The van der Waals surface area contributed by atoms with Crippen molar-refractivity contribution in [3.05, 3.63) is 23.3 Å². The van der Waals surface area contributed by atoms with E-state index in [0.29, 0.717) is 12.0 Å². The first kappa shape index (κ1) is 17.8. The standard InChI is InChI=1S/C20H26O7/c1-9(2)18-4-5-19(24)17(3)7-12(21)14-10(8-26-15(14)22)11(17)6-13(27-18)20(19,25)16(18)23/h4-5,9,11-13,16,21,23-25H,6-8H2,1-3H3/t11-,12-,13-,16+,17-,18+,19+,20+/m0/s1. The highest BCUT2D eigenvalue weighted by molar-refractivity contribution is 5.93. The number of rotatable bonds is 1. The molecule has 1 saturated heterocycles. The van der Waals surface area contributed by atoms with Crippen LogP contribution in [0.1, 0.15) is 33.6 Å². The number of aliphatic hydroxyl groups excluding tert-OH is 2. The van der Waals surface area contributed by atoms with Gasteiger partial charge in [-0.1, -0.05) is 32.9 Å². The SMILES string of the molecule is CC(C)[C@@]12C=C[C@]3(O)[C@@](O)([C@H](C[C@H]4C5=C(C(=O)OC5)[C@@H](O)C[C@@]43C)O1)[C@@H]2O. The summed E-state index contributed by atoms with van der Waals surface area (Å²) < 4.78 is 11.4. The van der Waals surface area contributed by atoms with Gasteiger partial charge in [0.25, 0.3) is 0 Å². The maximum absolute atomic E-state index is 12.1. The van der Waals surface area contributed by atoms with Crippen LogP contribution in [0.2, 0.25) is 0 Å². The molecule has 0 aromatic rings. The Hall–Kier alpha value is -1.25. The molecule has 0 aromatic carbocycles. The molecule has 3 aliphatic carbocycles. The number of cyclic esters (lactones) is 1. The van der Waals surface area contributed by atoms with Crippen molar-refractivity contribution in [2.45, 2.75) is 68.7 Å². The molecule has 27 heavy (non-hydrogen) atoms. The lowest BCUT2D eigenvalue weighted by Gasteiger charge is -2.63. The van der Waals surface area contributed by atoms with Gasteiger partial charge in [0.1, 0.15) is 23.9 Å². The van der Waals surface area contributed by atoms with Crippen LogP contribution >= 0.6 is 0 Å². The van der Waals surface area contributed by atoms with E-state index in [4.69, 9.17) is 9.47 Å². The molecule has 7 heteroatoms. The highest BCUT2D eigenvalue weighted by Crippen LogP contribution is 2.67. The van der Waals surface area contributed by atoms with Crippen molar-refractivity contribution in [1.29, 1.82) is 0 Å². The minimum absolute atomic E-state index is 0.0777. The molecule has 5 rings (SSSR count). The van der Waals surface area contributed by atoms with Gasteiger partial charge in [-0.25, -0.2) is 4.79 Å². The van der Waals surface area contributed by atoms with E-state index < -0.39 is 46.5 Å². The second kappa shape index (κ2) is 4.83. The molecule has 2 heterocycles. The average Bonchev–Trinajstić information content (AvgIpc) is 3.05. The van der Waals surface area contributed by atoms with Crippen LogP contribution in [0.5, 0.6) is 0 Å². The number of carbonyl (C=O) groups excluding carboxylic acids is 1. The zero-order valence-corrected chi connectivity index (χ0v) is 15.7. The van der Waals surface area contributed by atoms with E-state index >= 15 is 0 Å². The van der Waals surface area contributed by atoms with Crippen LogP contribution in [0, 0.1) is 17.3 Å². The number of esters is 1. The smallest absolute Gasteiger partial charge is 0.337 e. The molecule has 0 aromatic heterocycles. The molecule has 148 valence electrons. The average molecular weight is 378 g/mol. The van der Waals surface area contributed by atoms with Crippen molar-refractivity contribution in [2.75, 3.05) is 6.61 Å². The van der Waals surface area contributed by atoms with Crippen molar-refractivity contribution < 1.29 is 34.7 Å². The summed E-state index contributed by atoms with van der Waals surface area (Å²) in [6.07, 6.45) is 0.487. The predicted molar refractivity (Wildman–Crippen MR) is 92.3 cm³/mol. The van der Waals surface area contributed by atoms with Crippen LogP contribution in [0.25, 0.3) is 0 Å². The Bertz CT molecular complexity index is 802. The number of aliphatic hydroxyl groups is 4. The van der Waals surface area contributed by atoms with Crippen LogP contribution in [-0.4, -0.2) is 68.1 Å². The molecule has 0 spiro atoms. The summed E-state index contributed by atoms with van der Waals surface area (Å²) in [7, 11) is 0. The van der Waals surface area contributed by atoms with E-state index in [1.165, 1.54) is 0 Å². The second-order valence-corrected chi connectivity index (χ2v) is 9.38. The normalized spacial score (nSPS) is 55.6. The second-order valence-electron chi connectivity index (χ2n) is 9.38. The number of hydrogen-bond donors (Lipinski definition) is 4. The lowest BCUT2D eigenvalue weighted by molar-refractivity contribution is -0.271. The summed E-state index contributed by atoms with van der Waals surface area (Å²) in [6, 6.07) is 0. The zero-order valence-electron chi connectivity index (χ0n) is 15.7. The summed E-state index contributed by atoms with van der Waals surface area (Å²) >= 11 is 0. The first-order valence-electron chi connectivity index (χ1n) is 9.62. The van der Waals surface area contributed by atoms with E-state index in [1.807, 2.05) is 13.8 Å². The van der Waals surface area contributed by atoms with E-state index in [9.17, 15) is 25.2 Å². The molecule has 4 N–H and O–H groups in total. The third-order valence-electron chi connectivity index (χ3n) is 8.16. The molecule has 1 saturated carbocycles. The van der Waals surface area contributed by atoms with Crippen molar-refractivity contribution in [2.24, 2.45) is 17.3 Å². The van der Waals surface area contributed by atoms with E-state index in [2.05, 4.69) is 0 Å². The fourth-order valence-electron chi connectivity index (χ4n) is 6.55. The fraction of sp³-hybridized carbons (Fsp3) is 0.750. The van der Waals surface area contributed by atoms with Crippen LogP contribution < -0.4 is 0 Å². The molecular formula is C20H26O7. The van der Waals surface area contributed by atoms with Crippen LogP contribution in [-0.2, 0) is 14.3 Å². The summed E-state index contributed by atoms with van der Waals surface area (Å²) in [5.41, 5.74) is -4.81. The fourth-order valence-corrected chi connectivity index (χ4v) is 6.55. The van der Waals surface area contributed by atoms with Gasteiger partial charge >= 0.3 is 5.97 Å². The van der Waals surface area contributed by atoms with Crippen molar-refractivity contribution in [3.8, 4) is 0 Å². The van der Waals surface area contributed by atoms with Gasteiger partial charge in [0, 0.05) is 5.41 Å². The topological polar surface area (TPSA) is 116 Å². The lowest BCUT2D eigenvalue weighted by atomic mass is 9.44. The first-order chi connectivity index (χ1) is 12.5. The monoisotopic (exact) mass is 378 g/mol. The van der Waals surface area contributed by atoms with Gasteiger partial charge in [0.05, 0.1) is 17.8 Å². The van der Waals surface area contributed by atoms with Crippen molar-refractivity contribution in [3.63, 3.8) is 0 Å². The Kier molecular flexibility index (Phi) is 3.19. The van der Waals surface area contributed by atoms with Crippen LogP contribution in [0.3, 0.4) is 0 Å². The first-order valence-corrected chi connectivity index (χ1v) is 9.62. The Morgan fingerprint density at radius 1 is 1.22 bits per heavy atom. The molecular weight excluding hydrogens is 352 g/mol. The van der Waals surface area contributed by atoms with Gasteiger partial charge < -0.3 is 29.9 Å². The summed E-state index contributed by atoms with van der Waals surface area (Å²) in [5, 5.41) is 45.3. The minimum atomic E-state index is -1.89. The Morgan fingerprint density at radius 3 is 2.59 bits per heavy atom. The third kappa shape index (κ3) is 1.63. The maximum Gasteiger partial charge on any atom is 0.337 e. The number of fused-ring (bicyclic) bond motifs is 4. The predicted octanol–water partition coefficient (Wildman–Crippen LogP) is -0.183. The highest BCUT2D eigenvalue weighted by Gasteiger charge is 2.80. The molecule has 2 aliphatic heterocycles. The number of ether oxygens (including phenoxy) is 2. The van der Waals surface area contributed by atoms with E-state index in [0.717, 1.165) is 0 Å². The molecule has 0 radical (unpaired) electrons. The lowest BCUT2D eigenvalue weighted by Crippen LogP contribution is -2.77. The molecule has 2 fully saturated rings. The van der Waals surface area contributed by atoms with E-state index in [-0.39, 0.29) is 30.4 Å². The van der Waals surface area contributed by atoms with Gasteiger partial charge in [0.2, 0.25) is 0 Å². The minimum Gasteiger partial charge on any atom is -0.458 e. The van der Waals surface area contributed by atoms with Crippen LogP contribution in [0.4, 0.5) is 0 Å². The van der Waals surface area contributed by atoms with Gasteiger partial charge in [-0.15, -0.1) is 0 Å². The van der Waals surface area contributed by atoms with E-state index in [1.54, 1.807) is 19.1 Å². The highest BCUT2D eigenvalue weighted by atomic mass is 16.6. The van der Waals surface area contributed by atoms with Gasteiger partial charge in [-0.2, -0.15) is 0 Å². The summed E-state index contributed by atoms with van der Waals surface area (Å²) in [5.74, 6) is -0.941. The Balaban J connectivity index is 1.73. The molecule has 2 bridgehead atoms. The molecule has 5 aliphatic rings. The van der Waals surface area contributed by atoms with Crippen LogP contribution in [0.15, 0.2) is 23.3 Å². The quantitative estimate of drug-likeness (QED) is 0.369. The number of carbonyl (C=O) groups is 1. The Labute approximate surface area is 157 Å². The number of hydrogen-bond acceptors (Lipinski definition) is 7. The Morgan fingerprint density at radius 2 is 1.93 bits per heavy atom.